The Kier molecular flexibility index (Phi) is 8.98. The van der Waals surface area contributed by atoms with Gasteiger partial charge in [0.2, 0.25) is 0 Å². The lowest BCUT2D eigenvalue weighted by Crippen LogP contribution is -2.17. The van der Waals surface area contributed by atoms with Crippen molar-refractivity contribution in [3.8, 4) is 17.2 Å². The molecule has 0 atom stereocenters. The topological polar surface area (TPSA) is 69.2 Å². The Morgan fingerprint density at radius 1 is 0.970 bits per heavy atom. The maximum absolute atomic E-state index is 12.3. The van der Waals surface area contributed by atoms with Gasteiger partial charge in [0.1, 0.15) is 12.4 Å². The highest BCUT2D eigenvalue weighted by Crippen LogP contribution is 2.37. The minimum atomic E-state index is -0.341. The first kappa shape index (κ1) is 24.4. The van der Waals surface area contributed by atoms with Gasteiger partial charge in [-0.3, -0.25) is 4.79 Å². The van der Waals surface area contributed by atoms with Gasteiger partial charge in [0.05, 0.1) is 24.5 Å². The Hall–Kier alpha value is -3.22. The van der Waals surface area contributed by atoms with Gasteiger partial charge < -0.3 is 14.2 Å². The highest BCUT2D eigenvalue weighted by atomic mass is 35.5. The standard InChI is InChI=1S/C25H24Cl2N2O4/c1-3-31-21-10-8-19(9-11-21)25(30)29-28-15-18-13-22(27)24(23(14-18)32-4-2)33-16-17-6-5-7-20(26)12-17/h5-15H,3-4,16H2,1-2H3,(H,29,30)/b28-15+. The SMILES string of the molecule is CCOc1ccc(C(=O)N/N=C/c2cc(Cl)c(OCc3cccc(Cl)c3)c(OCC)c2)cc1. The number of ether oxygens (including phenoxy) is 3. The van der Waals surface area contributed by atoms with E-state index in [-0.39, 0.29) is 12.5 Å². The van der Waals surface area contributed by atoms with E-state index in [4.69, 9.17) is 37.4 Å². The molecule has 0 aromatic heterocycles. The van der Waals surface area contributed by atoms with Crippen LogP contribution in [0.2, 0.25) is 10.0 Å². The van der Waals surface area contributed by atoms with Crippen LogP contribution in [-0.2, 0) is 6.61 Å². The predicted molar refractivity (Wildman–Crippen MR) is 131 cm³/mol. The normalized spacial score (nSPS) is 10.8. The lowest BCUT2D eigenvalue weighted by atomic mass is 10.2. The van der Waals surface area contributed by atoms with Crippen LogP contribution in [0.5, 0.6) is 17.2 Å². The van der Waals surface area contributed by atoms with Crippen LogP contribution >= 0.6 is 23.2 Å². The molecule has 0 bridgehead atoms. The Bertz CT molecular complexity index is 1120. The van der Waals surface area contributed by atoms with Crippen molar-refractivity contribution in [3.05, 3.63) is 87.4 Å². The minimum Gasteiger partial charge on any atom is -0.494 e. The molecule has 3 aromatic rings. The van der Waals surface area contributed by atoms with Crippen molar-refractivity contribution in [2.45, 2.75) is 20.5 Å². The van der Waals surface area contributed by atoms with E-state index in [1.165, 1.54) is 6.21 Å². The third-order valence-corrected chi connectivity index (χ3v) is 4.93. The summed E-state index contributed by atoms with van der Waals surface area (Å²) in [5, 5.41) is 5.02. The van der Waals surface area contributed by atoms with Crippen molar-refractivity contribution < 1.29 is 19.0 Å². The third-order valence-electron chi connectivity index (χ3n) is 4.41. The number of halogens is 2. The van der Waals surface area contributed by atoms with Crippen LogP contribution in [0.1, 0.15) is 35.3 Å². The van der Waals surface area contributed by atoms with Gasteiger partial charge >= 0.3 is 0 Å². The van der Waals surface area contributed by atoms with Crippen molar-refractivity contribution in [2.24, 2.45) is 5.10 Å². The number of hydrogen-bond acceptors (Lipinski definition) is 5. The molecule has 0 spiro atoms. The number of hydrazone groups is 1. The van der Waals surface area contributed by atoms with E-state index in [9.17, 15) is 4.79 Å². The fraction of sp³-hybridized carbons (Fsp3) is 0.200. The number of benzene rings is 3. The highest BCUT2D eigenvalue weighted by molar-refractivity contribution is 6.32. The molecule has 8 heteroatoms. The van der Waals surface area contributed by atoms with E-state index in [0.717, 1.165) is 5.56 Å². The molecule has 0 radical (unpaired) electrons. The second-order valence-electron chi connectivity index (χ2n) is 6.84. The zero-order chi connectivity index (χ0) is 23.6. The molecule has 0 fully saturated rings. The second kappa shape index (κ2) is 12.1. The van der Waals surface area contributed by atoms with Gasteiger partial charge in [0, 0.05) is 10.6 Å². The van der Waals surface area contributed by atoms with Crippen molar-refractivity contribution in [1.29, 1.82) is 0 Å². The average molecular weight is 487 g/mol. The molecule has 1 N–H and O–H groups in total. The Labute approximate surface area is 203 Å². The van der Waals surface area contributed by atoms with E-state index < -0.39 is 0 Å². The second-order valence-corrected chi connectivity index (χ2v) is 7.68. The van der Waals surface area contributed by atoms with E-state index >= 15 is 0 Å². The molecule has 0 unspecified atom stereocenters. The third kappa shape index (κ3) is 7.14. The number of rotatable bonds is 10. The largest absolute Gasteiger partial charge is 0.494 e. The first-order valence-electron chi connectivity index (χ1n) is 10.4. The van der Waals surface area contributed by atoms with Crippen molar-refractivity contribution in [3.63, 3.8) is 0 Å². The van der Waals surface area contributed by atoms with Crippen molar-refractivity contribution >= 4 is 35.3 Å². The molecule has 172 valence electrons. The van der Waals surface area contributed by atoms with E-state index in [1.807, 2.05) is 32.0 Å². The quantitative estimate of drug-likeness (QED) is 0.276. The molecule has 6 nitrogen and oxygen atoms in total. The van der Waals surface area contributed by atoms with Gasteiger partial charge in [-0.25, -0.2) is 5.43 Å². The smallest absolute Gasteiger partial charge is 0.271 e. The molecule has 3 rings (SSSR count). The molecule has 0 aliphatic heterocycles. The van der Waals surface area contributed by atoms with Gasteiger partial charge in [-0.1, -0.05) is 35.3 Å². The fourth-order valence-electron chi connectivity index (χ4n) is 2.95. The van der Waals surface area contributed by atoms with Gasteiger partial charge in [-0.05, 0) is 73.5 Å². The van der Waals surface area contributed by atoms with Crippen LogP contribution in [0.15, 0.2) is 65.8 Å². The van der Waals surface area contributed by atoms with Crippen LogP contribution in [-0.4, -0.2) is 25.3 Å². The van der Waals surface area contributed by atoms with Gasteiger partial charge in [0.25, 0.3) is 5.91 Å². The Morgan fingerprint density at radius 2 is 1.73 bits per heavy atom. The lowest BCUT2D eigenvalue weighted by molar-refractivity contribution is 0.0955. The Balaban J connectivity index is 1.68. The monoisotopic (exact) mass is 486 g/mol. The number of carbonyl (C=O) groups is 1. The molecule has 0 saturated heterocycles. The summed E-state index contributed by atoms with van der Waals surface area (Å²) in [5.74, 6) is 1.26. The molecule has 0 aliphatic carbocycles. The van der Waals surface area contributed by atoms with Gasteiger partial charge in [0.15, 0.2) is 11.5 Å². The van der Waals surface area contributed by atoms with E-state index in [1.54, 1.807) is 42.5 Å². The lowest BCUT2D eigenvalue weighted by Gasteiger charge is -2.14. The van der Waals surface area contributed by atoms with Gasteiger partial charge in [-0.15, -0.1) is 0 Å². The maximum Gasteiger partial charge on any atom is 0.271 e. The summed E-state index contributed by atoms with van der Waals surface area (Å²) in [6.07, 6.45) is 1.49. The van der Waals surface area contributed by atoms with E-state index in [2.05, 4.69) is 10.5 Å². The van der Waals surface area contributed by atoms with Crippen LogP contribution in [0, 0.1) is 0 Å². The number of carbonyl (C=O) groups excluding carboxylic acids is 1. The van der Waals surface area contributed by atoms with Crippen LogP contribution < -0.4 is 19.6 Å². The zero-order valence-electron chi connectivity index (χ0n) is 18.3. The Morgan fingerprint density at radius 3 is 2.42 bits per heavy atom. The fourth-order valence-corrected chi connectivity index (χ4v) is 3.43. The highest BCUT2D eigenvalue weighted by Gasteiger charge is 2.13. The molecule has 0 heterocycles. The van der Waals surface area contributed by atoms with Crippen LogP contribution in [0.3, 0.4) is 0 Å². The number of hydrogen-bond donors (Lipinski definition) is 1. The van der Waals surface area contributed by atoms with Crippen molar-refractivity contribution in [2.75, 3.05) is 13.2 Å². The summed E-state index contributed by atoms with van der Waals surface area (Å²) < 4.78 is 17.0. The summed E-state index contributed by atoms with van der Waals surface area (Å²) in [7, 11) is 0. The zero-order valence-corrected chi connectivity index (χ0v) is 19.8. The first-order valence-corrected chi connectivity index (χ1v) is 11.2. The van der Waals surface area contributed by atoms with Gasteiger partial charge in [-0.2, -0.15) is 5.10 Å². The molecule has 33 heavy (non-hydrogen) atoms. The molecular formula is C25H24Cl2N2O4. The number of nitrogens with zero attached hydrogens (tertiary/aromatic N) is 1. The van der Waals surface area contributed by atoms with Crippen LogP contribution in [0.25, 0.3) is 0 Å². The molecule has 0 aliphatic rings. The summed E-state index contributed by atoms with van der Waals surface area (Å²) in [4.78, 5) is 12.3. The molecule has 0 saturated carbocycles. The average Bonchev–Trinajstić information content (AvgIpc) is 2.79. The summed E-state index contributed by atoms with van der Waals surface area (Å²) in [5.41, 5.74) is 4.51. The molecular weight excluding hydrogens is 463 g/mol. The van der Waals surface area contributed by atoms with Crippen molar-refractivity contribution in [1.82, 2.24) is 5.43 Å². The summed E-state index contributed by atoms with van der Waals surface area (Å²) in [6.45, 7) is 5.04. The predicted octanol–water partition coefficient (Wildman–Crippen LogP) is 6.13. The number of nitrogens with one attached hydrogen (secondary N) is 1. The minimum absolute atomic E-state index is 0.284. The molecule has 3 aromatic carbocycles. The summed E-state index contributed by atoms with van der Waals surface area (Å²) >= 11 is 12.5. The summed E-state index contributed by atoms with van der Waals surface area (Å²) in [6, 6.07) is 17.6. The van der Waals surface area contributed by atoms with E-state index in [0.29, 0.717) is 51.6 Å². The number of amides is 1. The first-order chi connectivity index (χ1) is 16.0. The molecule has 1 amide bonds. The maximum atomic E-state index is 12.3. The van der Waals surface area contributed by atoms with Crippen LogP contribution in [0.4, 0.5) is 0 Å².